The van der Waals surface area contributed by atoms with Crippen molar-refractivity contribution >= 4 is 23.6 Å². The van der Waals surface area contributed by atoms with Gasteiger partial charge in [0, 0.05) is 12.2 Å². The Kier molecular flexibility index (Phi) is 15.7. The first-order valence-electron chi connectivity index (χ1n) is 19.1. The van der Waals surface area contributed by atoms with Crippen LogP contribution >= 0.6 is 0 Å². The number of unbranched alkanes of at least 4 members (excludes halogenated alkanes) is 1. The van der Waals surface area contributed by atoms with E-state index in [2.05, 4.69) is 79.2 Å². The number of anilines is 1. The van der Waals surface area contributed by atoms with Crippen molar-refractivity contribution in [2.75, 3.05) is 18.5 Å². The Morgan fingerprint density at radius 3 is 2.17 bits per heavy atom. The lowest BCUT2D eigenvalue weighted by molar-refractivity contribution is -0.127. The Bertz CT molecular complexity index is 1800. The number of ether oxygens (including phenoxy) is 2. The molecule has 0 spiro atoms. The lowest BCUT2D eigenvalue weighted by Gasteiger charge is -2.21. The van der Waals surface area contributed by atoms with E-state index in [0.29, 0.717) is 31.7 Å². The van der Waals surface area contributed by atoms with Crippen LogP contribution in [0, 0.1) is 13.8 Å². The van der Waals surface area contributed by atoms with E-state index in [0.717, 1.165) is 54.5 Å². The fraction of sp³-hybridized carbons (Fsp3) is 0.400. The third kappa shape index (κ3) is 14.0. The van der Waals surface area contributed by atoms with E-state index in [1.165, 1.54) is 22.3 Å². The number of carbonyl (C=O) groups excluding carboxylic acids is 3. The highest BCUT2D eigenvalue weighted by atomic mass is 16.6. The molecule has 0 bridgehead atoms. The fourth-order valence-electron chi connectivity index (χ4n) is 6.34. The van der Waals surface area contributed by atoms with Crippen LogP contribution in [0.4, 0.5) is 10.5 Å². The van der Waals surface area contributed by atoms with Crippen LogP contribution in [0.15, 0.2) is 91.0 Å². The molecule has 4 aromatic rings. The van der Waals surface area contributed by atoms with E-state index < -0.39 is 23.8 Å². The zero-order valence-electron chi connectivity index (χ0n) is 32.8. The molecular formula is C45H58N4O5. The molecule has 0 aromatic heterocycles. The third-order valence-electron chi connectivity index (χ3n) is 8.94. The minimum Gasteiger partial charge on any atom is -0.494 e. The molecular weight excluding hydrogens is 677 g/mol. The minimum atomic E-state index is -0.821. The highest BCUT2D eigenvalue weighted by molar-refractivity contribution is 5.97. The van der Waals surface area contributed by atoms with E-state index >= 15 is 0 Å². The van der Waals surface area contributed by atoms with Crippen LogP contribution in [0.25, 0.3) is 11.1 Å². The Labute approximate surface area is 321 Å². The molecule has 9 nitrogen and oxygen atoms in total. The van der Waals surface area contributed by atoms with Gasteiger partial charge >= 0.3 is 6.09 Å². The Morgan fingerprint density at radius 2 is 1.50 bits per heavy atom. The first-order valence-corrected chi connectivity index (χ1v) is 19.1. The summed E-state index contributed by atoms with van der Waals surface area (Å²) in [7, 11) is 0. The van der Waals surface area contributed by atoms with Crippen molar-refractivity contribution < 1.29 is 23.9 Å². The van der Waals surface area contributed by atoms with Gasteiger partial charge in [-0.15, -0.1) is 0 Å². The van der Waals surface area contributed by atoms with Crippen LogP contribution in [-0.4, -0.2) is 48.7 Å². The first kappa shape index (κ1) is 41.6. The average molecular weight is 735 g/mol. The van der Waals surface area contributed by atoms with Crippen LogP contribution in [0.5, 0.6) is 5.75 Å². The number of carbonyl (C=O) groups is 3. The van der Waals surface area contributed by atoms with Crippen LogP contribution in [0.2, 0.25) is 0 Å². The summed E-state index contributed by atoms with van der Waals surface area (Å²) in [6, 6.07) is 28.4. The van der Waals surface area contributed by atoms with Crippen molar-refractivity contribution in [2.24, 2.45) is 5.73 Å². The van der Waals surface area contributed by atoms with Crippen molar-refractivity contribution in [3.63, 3.8) is 0 Å². The number of hydrogen-bond donors (Lipinski definition) is 4. The number of aryl methyl sites for hydroxylation is 4. The molecule has 0 fully saturated rings. The van der Waals surface area contributed by atoms with Gasteiger partial charge in [0.2, 0.25) is 11.8 Å². The van der Waals surface area contributed by atoms with Gasteiger partial charge in [0.15, 0.2) is 0 Å². The number of nitrogens with one attached hydrogen (secondary N) is 3. The molecule has 288 valence electrons. The zero-order chi connectivity index (χ0) is 39.1. The molecule has 0 aliphatic heterocycles. The van der Waals surface area contributed by atoms with Gasteiger partial charge in [-0.05, 0) is 132 Å². The maximum Gasteiger partial charge on any atom is 0.407 e. The molecule has 0 heterocycles. The Morgan fingerprint density at radius 1 is 0.796 bits per heavy atom. The summed E-state index contributed by atoms with van der Waals surface area (Å²) in [5.74, 6) is 0.189. The van der Waals surface area contributed by atoms with Gasteiger partial charge < -0.3 is 31.2 Å². The van der Waals surface area contributed by atoms with Gasteiger partial charge in [0.05, 0.1) is 12.6 Å². The van der Waals surface area contributed by atoms with Crippen molar-refractivity contribution in [1.29, 1.82) is 0 Å². The normalized spacial score (nSPS) is 12.4. The van der Waals surface area contributed by atoms with E-state index in [4.69, 9.17) is 15.2 Å². The van der Waals surface area contributed by atoms with Gasteiger partial charge in [-0.1, -0.05) is 84.8 Å². The summed E-state index contributed by atoms with van der Waals surface area (Å²) in [6.45, 7) is 12.9. The molecule has 4 aromatic carbocycles. The van der Waals surface area contributed by atoms with Gasteiger partial charge in [-0.3, -0.25) is 9.59 Å². The quantitative estimate of drug-likeness (QED) is 0.0762. The highest BCUT2D eigenvalue weighted by Crippen LogP contribution is 2.29. The molecule has 2 unspecified atom stereocenters. The lowest BCUT2D eigenvalue weighted by atomic mass is 9.95. The number of benzene rings is 4. The molecule has 2 atom stereocenters. The molecule has 0 aliphatic rings. The summed E-state index contributed by atoms with van der Waals surface area (Å²) >= 11 is 0. The standard InChI is InChI=1S/C45H58N4O5/c1-7-35-30-38(53-25-12-11-24-47-44(52)54-45(4,5)6)22-23-39(35)36-20-18-33(19-21-36)29-40(46)42(50)49-41(43(51)48-37-15-9-8-10-16-37)17-13-14-34-27-31(2)26-32(3)28-34/h8-10,15-16,18-23,26-28,30,40-41H,7,11-14,17,24-25,29,46H2,1-6H3,(H,47,52)(H,48,51)(H,49,50). The second-order valence-electron chi connectivity index (χ2n) is 15.0. The monoisotopic (exact) mass is 734 g/mol. The molecule has 9 heteroatoms. The van der Waals surface area contributed by atoms with Gasteiger partial charge in [0.25, 0.3) is 0 Å². The van der Waals surface area contributed by atoms with Crippen LogP contribution in [0.3, 0.4) is 0 Å². The molecule has 54 heavy (non-hydrogen) atoms. The van der Waals surface area contributed by atoms with Crippen LogP contribution < -0.4 is 26.4 Å². The summed E-state index contributed by atoms with van der Waals surface area (Å²) in [5.41, 5.74) is 14.5. The van der Waals surface area contributed by atoms with Crippen molar-refractivity contribution in [2.45, 2.75) is 104 Å². The molecule has 4 rings (SSSR count). The molecule has 3 amide bonds. The van der Waals surface area contributed by atoms with Crippen LogP contribution in [-0.2, 0) is 33.6 Å². The number of para-hydroxylation sites is 1. The maximum absolute atomic E-state index is 13.4. The molecule has 0 aliphatic carbocycles. The predicted molar refractivity (Wildman–Crippen MR) is 218 cm³/mol. The summed E-state index contributed by atoms with van der Waals surface area (Å²) in [4.78, 5) is 38.6. The van der Waals surface area contributed by atoms with Crippen molar-refractivity contribution in [3.05, 3.63) is 119 Å². The first-order chi connectivity index (χ1) is 25.8. The highest BCUT2D eigenvalue weighted by Gasteiger charge is 2.24. The second kappa shape index (κ2) is 20.3. The maximum atomic E-state index is 13.4. The summed E-state index contributed by atoms with van der Waals surface area (Å²) in [5, 5.41) is 8.67. The summed E-state index contributed by atoms with van der Waals surface area (Å²) in [6.07, 6.45) is 4.37. The number of rotatable bonds is 18. The number of alkyl carbamates (subject to hydrolysis) is 1. The van der Waals surface area contributed by atoms with Crippen molar-refractivity contribution in [1.82, 2.24) is 10.6 Å². The predicted octanol–water partition coefficient (Wildman–Crippen LogP) is 8.23. The fourth-order valence-corrected chi connectivity index (χ4v) is 6.34. The molecule has 0 saturated heterocycles. The number of hydrogen-bond acceptors (Lipinski definition) is 6. The van der Waals surface area contributed by atoms with E-state index in [-0.39, 0.29) is 11.8 Å². The van der Waals surface area contributed by atoms with Gasteiger partial charge in [0.1, 0.15) is 17.4 Å². The largest absolute Gasteiger partial charge is 0.494 e. The topological polar surface area (TPSA) is 132 Å². The summed E-state index contributed by atoms with van der Waals surface area (Å²) < 4.78 is 11.3. The molecule has 0 radical (unpaired) electrons. The third-order valence-corrected chi connectivity index (χ3v) is 8.94. The zero-order valence-corrected chi connectivity index (χ0v) is 32.8. The van der Waals surface area contributed by atoms with E-state index in [9.17, 15) is 14.4 Å². The number of nitrogens with two attached hydrogens (primary N) is 1. The van der Waals surface area contributed by atoms with E-state index in [1.54, 1.807) is 0 Å². The lowest BCUT2D eigenvalue weighted by Crippen LogP contribution is -2.50. The van der Waals surface area contributed by atoms with Gasteiger partial charge in [-0.2, -0.15) is 0 Å². The van der Waals surface area contributed by atoms with Crippen molar-refractivity contribution in [3.8, 4) is 16.9 Å². The van der Waals surface area contributed by atoms with Crippen LogP contribution in [0.1, 0.15) is 81.2 Å². The Hall–Kier alpha value is -5.15. The molecule has 0 saturated carbocycles. The minimum absolute atomic E-state index is 0.262. The second-order valence-corrected chi connectivity index (χ2v) is 15.0. The van der Waals surface area contributed by atoms with E-state index in [1.807, 2.05) is 69.3 Å². The number of amides is 3. The smallest absolute Gasteiger partial charge is 0.407 e. The Balaban J connectivity index is 1.30. The van der Waals surface area contributed by atoms with Gasteiger partial charge in [-0.25, -0.2) is 4.79 Å². The molecule has 5 N–H and O–H groups in total. The SMILES string of the molecule is CCc1cc(OCCCCNC(=O)OC(C)(C)C)ccc1-c1ccc(CC(N)C(=O)NC(CCCc2cc(C)cc(C)c2)C(=O)Nc2ccccc2)cc1. The average Bonchev–Trinajstić information content (AvgIpc) is 3.12.